The molecule has 172 valence electrons. The van der Waals surface area contributed by atoms with Gasteiger partial charge in [-0.25, -0.2) is 0 Å². The third kappa shape index (κ3) is 4.47. The molecule has 3 heteroatoms. The quantitative estimate of drug-likeness (QED) is 0.221. The Morgan fingerprint density at radius 3 is 2.08 bits per heavy atom. The maximum Gasteiger partial charge on any atom is 0.186 e. The van der Waals surface area contributed by atoms with Gasteiger partial charge in [0.2, 0.25) is 0 Å². The van der Waals surface area contributed by atoms with Crippen LogP contribution in [0.4, 0.5) is 0 Å². The zero-order chi connectivity index (χ0) is 24.3. The molecule has 5 aromatic rings. The molecule has 0 saturated heterocycles. The lowest BCUT2D eigenvalue weighted by molar-refractivity contribution is -0.109. The van der Waals surface area contributed by atoms with E-state index in [1.807, 2.05) is 48.6 Å². The molecule has 0 amide bonds. The van der Waals surface area contributed by atoms with Crippen LogP contribution in [-0.2, 0) is 4.79 Å². The fourth-order valence-electron chi connectivity index (χ4n) is 4.46. The number of carbonyl (C=O) groups excluding carboxylic acids is 1. The first kappa shape index (κ1) is 22.4. The summed E-state index contributed by atoms with van der Waals surface area (Å²) >= 11 is 3.56. The predicted molar refractivity (Wildman–Crippen MR) is 155 cm³/mol. The molecule has 1 nitrogen and oxygen atoms in total. The summed E-state index contributed by atoms with van der Waals surface area (Å²) in [6, 6.07) is 35.6. The van der Waals surface area contributed by atoms with Gasteiger partial charge in [-0.05, 0) is 75.2 Å². The van der Waals surface area contributed by atoms with Gasteiger partial charge in [0.25, 0.3) is 0 Å². The van der Waals surface area contributed by atoms with Gasteiger partial charge in [-0.1, -0.05) is 91.0 Å². The third-order valence-electron chi connectivity index (χ3n) is 6.26. The van der Waals surface area contributed by atoms with Crippen molar-refractivity contribution in [2.24, 2.45) is 0 Å². The molecule has 0 fully saturated rings. The third-order valence-corrected chi connectivity index (χ3v) is 8.46. The molecule has 0 N–H and O–H groups in total. The maximum absolute atomic E-state index is 13.0. The van der Waals surface area contributed by atoms with Crippen LogP contribution in [0.5, 0.6) is 0 Å². The average molecular weight is 499 g/mol. The van der Waals surface area contributed by atoms with Crippen molar-refractivity contribution in [1.82, 2.24) is 0 Å². The van der Waals surface area contributed by atoms with Crippen molar-refractivity contribution < 1.29 is 4.79 Å². The van der Waals surface area contributed by atoms with Crippen LogP contribution in [0.3, 0.4) is 0 Å². The van der Waals surface area contributed by atoms with Crippen LogP contribution < -0.4 is 0 Å². The second kappa shape index (κ2) is 9.90. The second-order valence-electron chi connectivity index (χ2n) is 8.53. The standard InChI is InChI=1S/C33H22OS2/c34-30-18-14-25-22-26(31-19-20-33(36-31)32-12-7-21-35-32)13-15-28(25)29(30)17-16-27(23-8-3-1-4-9-23)24-10-5-2-6-11-24/h1-22H/b29-17-. The van der Waals surface area contributed by atoms with Gasteiger partial charge in [-0.3, -0.25) is 4.79 Å². The average Bonchev–Trinajstić information content (AvgIpc) is 3.64. The molecule has 0 atom stereocenters. The molecule has 0 radical (unpaired) electrons. The van der Waals surface area contributed by atoms with Gasteiger partial charge in [-0.15, -0.1) is 22.7 Å². The van der Waals surface area contributed by atoms with Crippen LogP contribution in [0.1, 0.15) is 22.3 Å². The van der Waals surface area contributed by atoms with Crippen LogP contribution >= 0.6 is 22.7 Å². The van der Waals surface area contributed by atoms with Crippen LogP contribution in [-0.4, -0.2) is 5.78 Å². The molecule has 0 unspecified atom stereocenters. The topological polar surface area (TPSA) is 17.1 Å². The van der Waals surface area contributed by atoms with Crippen LogP contribution in [0, 0.1) is 0 Å². The molecule has 36 heavy (non-hydrogen) atoms. The number of fused-ring (bicyclic) bond motifs is 1. The molecule has 2 aromatic heterocycles. The van der Waals surface area contributed by atoms with Crippen molar-refractivity contribution in [2.45, 2.75) is 0 Å². The molecular weight excluding hydrogens is 476 g/mol. The SMILES string of the molecule is O=C1C=Cc2cc(-c3ccc(-c4cccs4)s3)ccc2/C1=C/C=C(c1ccccc1)c1ccccc1. The summed E-state index contributed by atoms with van der Waals surface area (Å²) in [6.45, 7) is 0. The molecule has 0 saturated carbocycles. The number of allylic oxidation sites excluding steroid dienone is 4. The lowest BCUT2D eigenvalue weighted by Gasteiger charge is -2.15. The first-order valence-corrected chi connectivity index (χ1v) is 13.5. The smallest absolute Gasteiger partial charge is 0.186 e. The van der Waals surface area contributed by atoms with E-state index in [1.54, 1.807) is 28.7 Å². The summed E-state index contributed by atoms with van der Waals surface area (Å²) in [5, 5.41) is 2.11. The summed E-state index contributed by atoms with van der Waals surface area (Å²) in [7, 11) is 0. The lowest BCUT2D eigenvalue weighted by Crippen LogP contribution is -2.04. The zero-order valence-electron chi connectivity index (χ0n) is 19.4. The number of benzene rings is 3. The molecule has 2 heterocycles. The summed E-state index contributed by atoms with van der Waals surface area (Å²) in [5.74, 6) is 0.0306. The highest BCUT2D eigenvalue weighted by atomic mass is 32.1. The Kier molecular flexibility index (Phi) is 6.17. The molecule has 6 rings (SSSR count). The van der Waals surface area contributed by atoms with E-state index in [-0.39, 0.29) is 5.78 Å². The molecule has 0 aliphatic heterocycles. The van der Waals surface area contributed by atoms with E-state index >= 15 is 0 Å². The summed E-state index contributed by atoms with van der Waals surface area (Å²) in [4.78, 5) is 16.8. The molecular formula is C33H22OS2. The van der Waals surface area contributed by atoms with E-state index in [4.69, 9.17) is 0 Å². The number of ketones is 1. The fourth-order valence-corrected chi connectivity index (χ4v) is 6.30. The minimum Gasteiger partial charge on any atom is -0.289 e. The van der Waals surface area contributed by atoms with Gasteiger partial charge in [0.1, 0.15) is 0 Å². The first-order valence-electron chi connectivity index (χ1n) is 11.8. The maximum atomic E-state index is 13.0. The fraction of sp³-hybridized carbons (Fsp3) is 0. The van der Waals surface area contributed by atoms with Crippen LogP contribution in [0.15, 0.2) is 127 Å². The Morgan fingerprint density at radius 2 is 1.39 bits per heavy atom. The molecule has 0 bridgehead atoms. The van der Waals surface area contributed by atoms with E-state index in [0.717, 1.165) is 27.8 Å². The molecule has 3 aromatic carbocycles. The van der Waals surface area contributed by atoms with Gasteiger partial charge in [0, 0.05) is 20.2 Å². The Labute approximate surface area is 219 Å². The number of rotatable bonds is 5. The van der Waals surface area contributed by atoms with Gasteiger partial charge < -0.3 is 0 Å². The number of carbonyl (C=O) groups is 1. The van der Waals surface area contributed by atoms with E-state index in [1.165, 1.54) is 20.2 Å². The minimum absolute atomic E-state index is 0.0306. The highest BCUT2D eigenvalue weighted by Gasteiger charge is 2.18. The van der Waals surface area contributed by atoms with E-state index in [0.29, 0.717) is 5.57 Å². The van der Waals surface area contributed by atoms with Gasteiger partial charge in [-0.2, -0.15) is 0 Å². The summed E-state index contributed by atoms with van der Waals surface area (Å²) in [6.07, 6.45) is 7.66. The zero-order valence-corrected chi connectivity index (χ0v) is 21.1. The number of thiophene rings is 2. The Hall–Kier alpha value is -4.05. The second-order valence-corrected chi connectivity index (χ2v) is 10.6. The Morgan fingerprint density at radius 1 is 0.667 bits per heavy atom. The van der Waals surface area contributed by atoms with Gasteiger partial charge >= 0.3 is 0 Å². The lowest BCUT2D eigenvalue weighted by atomic mass is 9.89. The summed E-state index contributed by atoms with van der Waals surface area (Å²) < 4.78 is 0. The van der Waals surface area contributed by atoms with Crippen molar-refractivity contribution in [1.29, 1.82) is 0 Å². The number of hydrogen-bond acceptors (Lipinski definition) is 3. The van der Waals surface area contributed by atoms with Crippen molar-refractivity contribution >= 4 is 45.7 Å². The first-order chi connectivity index (χ1) is 17.8. The van der Waals surface area contributed by atoms with Crippen LogP contribution in [0.25, 0.3) is 37.4 Å². The van der Waals surface area contributed by atoms with Crippen LogP contribution in [0.2, 0.25) is 0 Å². The monoisotopic (exact) mass is 498 g/mol. The van der Waals surface area contributed by atoms with Crippen molar-refractivity contribution in [3.63, 3.8) is 0 Å². The molecule has 1 aliphatic carbocycles. The Balaban J connectivity index is 1.39. The molecule has 1 aliphatic rings. The van der Waals surface area contributed by atoms with Crippen molar-refractivity contribution in [2.75, 3.05) is 0 Å². The highest BCUT2D eigenvalue weighted by molar-refractivity contribution is 7.23. The summed E-state index contributed by atoms with van der Waals surface area (Å²) in [5.41, 5.74) is 7.25. The van der Waals surface area contributed by atoms with E-state index < -0.39 is 0 Å². The van der Waals surface area contributed by atoms with Crippen molar-refractivity contribution in [3.05, 3.63) is 149 Å². The normalized spacial score (nSPS) is 13.6. The minimum atomic E-state index is 0.0306. The van der Waals surface area contributed by atoms with Gasteiger partial charge in [0.15, 0.2) is 5.78 Å². The molecule has 0 spiro atoms. The van der Waals surface area contributed by atoms with Crippen molar-refractivity contribution in [3.8, 4) is 20.2 Å². The van der Waals surface area contributed by atoms with E-state index in [2.05, 4.69) is 78.2 Å². The largest absolute Gasteiger partial charge is 0.289 e. The number of hydrogen-bond donors (Lipinski definition) is 0. The van der Waals surface area contributed by atoms with E-state index in [9.17, 15) is 4.79 Å². The predicted octanol–water partition coefficient (Wildman–Crippen LogP) is 9.25. The highest BCUT2D eigenvalue weighted by Crippen LogP contribution is 2.38. The van der Waals surface area contributed by atoms with Gasteiger partial charge in [0.05, 0.1) is 0 Å². The Bertz CT molecular complexity index is 1570.